The van der Waals surface area contributed by atoms with Crippen molar-refractivity contribution in [3.63, 3.8) is 0 Å². The van der Waals surface area contributed by atoms with E-state index in [1.807, 2.05) is 0 Å². The molecule has 12 heteroatoms. The van der Waals surface area contributed by atoms with Crippen molar-refractivity contribution >= 4 is 34.0 Å². The molecule has 1 heterocycles. The van der Waals surface area contributed by atoms with Crippen molar-refractivity contribution < 1.29 is 27.7 Å². The number of aliphatic hydroxyl groups is 1. The Kier molecular flexibility index (Phi) is 14.1. The van der Waals surface area contributed by atoms with Gasteiger partial charge in [0, 0.05) is 31.3 Å². The Balaban J connectivity index is 1.62. The molecule has 39 heavy (non-hydrogen) atoms. The fraction of sp³-hybridized carbons (Fsp3) is 0.481. The minimum Gasteiger partial charge on any atom is -0.393 e. The number of hydrogen-bond donors (Lipinski definition) is 5. The minimum absolute atomic E-state index is 0.0518. The van der Waals surface area contributed by atoms with Crippen LogP contribution in [0.25, 0.3) is 0 Å². The molecule has 11 nitrogen and oxygen atoms in total. The maximum Gasteiger partial charge on any atom is 0.295 e. The fourth-order valence-electron chi connectivity index (χ4n) is 3.76. The molecule has 1 atom stereocenters. The Labute approximate surface area is 230 Å². The number of pyridine rings is 1. The highest BCUT2D eigenvalue weighted by atomic mass is 32.2. The van der Waals surface area contributed by atoms with Crippen LogP contribution in [0.1, 0.15) is 80.6 Å². The first-order valence-electron chi connectivity index (χ1n) is 13.2. The Morgan fingerprint density at radius 1 is 1.00 bits per heavy atom. The second-order valence-corrected chi connectivity index (χ2v) is 10.6. The highest BCUT2D eigenvalue weighted by Crippen LogP contribution is 2.14. The molecule has 2 aromatic rings. The van der Waals surface area contributed by atoms with E-state index < -0.39 is 10.1 Å². The molecule has 0 saturated heterocycles. The van der Waals surface area contributed by atoms with Gasteiger partial charge in [0.05, 0.1) is 17.9 Å². The van der Waals surface area contributed by atoms with E-state index in [2.05, 4.69) is 33.1 Å². The largest absolute Gasteiger partial charge is 0.393 e. The highest BCUT2D eigenvalue weighted by Gasteiger charge is 2.13. The van der Waals surface area contributed by atoms with E-state index in [1.54, 1.807) is 12.1 Å². The number of unbranched alkanes of at least 4 members (excludes halogenated alkanes) is 4. The third kappa shape index (κ3) is 12.8. The number of hydrogen-bond acceptors (Lipinski definition) is 8. The second kappa shape index (κ2) is 17.3. The first-order valence-corrected chi connectivity index (χ1v) is 14.7. The normalized spacial score (nSPS) is 12.3. The molecule has 0 aliphatic heterocycles. The quantitative estimate of drug-likeness (QED) is 0.0797. The summed E-state index contributed by atoms with van der Waals surface area (Å²) in [5.41, 5.74) is 3.16. The van der Waals surface area contributed by atoms with Crippen molar-refractivity contribution in [1.82, 2.24) is 15.6 Å². The van der Waals surface area contributed by atoms with Crippen LogP contribution in [0.4, 0.5) is 5.82 Å². The summed E-state index contributed by atoms with van der Waals surface area (Å²) in [6.07, 6.45) is 10.4. The highest BCUT2D eigenvalue weighted by molar-refractivity contribution is 7.86. The zero-order valence-corrected chi connectivity index (χ0v) is 23.1. The van der Waals surface area contributed by atoms with Crippen LogP contribution in [-0.4, -0.2) is 60.3 Å². The van der Waals surface area contributed by atoms with Crippen molar-refractivity contribution in [2.75, 3.05) is 18.5 Å². The average molecular weight is 562 g/mol. The molecule has 0 aliphatic rings. The van der Waals surface area contributed by atoms with Crippen molar-refractivity contribution in [3.05, 3.63) is 53.7 Å². The fourth-order valence-corrected chi connectivity index (χ4v) is 4.43. The summed E-state index contributed by atoms with van der Waals surface area (Å²) in [5, 5.41) is 19.3. The zero-order chi connectivity index (χ0) is 28.5. The van der Waals surface area contributed by atoms with Gasteiger partial charge in [0.25, 0.3) is 16.0 Å². The van der Waals surface area contributed by atoms with Gasteiger partial charge in [-0.3, -0.25) is 19.6 Å². The maximum atomic E-state index is 12.3. The number of carbonyl (C=O) groups is 2. The Morgan fingerprint density at radius 2 is 1.72 bits per heavy atom. The van der Waals surface area contributed by atoms with E-state index in [9.17, 15) is 27.7 Å². The molecule has 5 N–H and O–H groups in total. The standard InChI is InChI=1S/C27H39N5O6S/c1-2-3-11-23(33)12-6-4-5-7-14-26(34)28-17-18-29-27(35)22-15-16-25(30-19-22)32-31-20-21-10-8-9-13-24(21)39(36,37)38/h8-10,13,15-16,19-20,23,33H,2-7,11-12,14,17-18H2,1H3,(H,28,34)(H,29,35)(H,30,32)(H,36,37,38)/b31-20+. The van der Waals surface area contributed by atoms with E-state index in [-0.39, 0.29) is 34.9 Å². The number of anilines is 1. The molecular weight excluding hydrogens is 522 g/mol. The number of amides is 2. The number of aliphatic hydroxyl groups excluding tert-OH is 1. The molecule has 214 valence electrons. The van der Waals surface area contributed by atoms with Crippen LogP contribution < -0.4 is 16.1 Å². The Bertz CT molecular complexity index is 1170. The molecule has 0 saturated carbocycles. The van der Waals surface area contributed by atoms with Crippen molar-refractivity contribution in [1.29, 1.82) is 0 Å². The minimum atomic E-state index is -4.38. The second-order valence-electron chi connectivity index (χ2n) is 9.17. The average Bonchev–Trinajstić information content (AvgIpc) is 2.91. The summed E-state index contributed by atoms with van der Waals surface area (Å²) < 4.78 is 32.1. The van der Waals surface area contributed by atoms with Gasteiger partial charge < -0.3 is 15.7 Å². The molecule has 1 aromatic heterocycles. The summed E-state index contributed by atoms with van der Waals surface area (Å²) in [7, 11) is -4.38. The van der Waals surface area contributed by atoms with E-state index in [4.69, 9.17) is 0 Å². The van der Waals surface area contributed by atoms with Gasteiger partial charge in [0.1, 0.15) is 10.7 Å². The van der Waals surface area contributed by atoms with Gasteiger partial charge in [-0.15, -0.1) is 0 Å². The molecular formula is C27H39N5O6S. The van der Waals surface area contributed by atoms with Crippen LogP contribution in [0.15, 0.2) is 52.6 Å². The van der Waals surface area contributed by atoms with Gasteiger partial charge in [-0.1, -0.05) is 57.2 Å². The summed E-state index contributed by atoms with van der Waals surface area (Å²) >= 11 is 0. The van der Waals surface area contributed by atoms with Gasteiger partial charge >= 0.3 is 0 Å². The number of benzene rings is 1. The van der Waals surface area contributed by atoms with Crippen LogP contribution in [0.2, 0.25) is 0 Å². The molecule has 0 fully saturated rings. The van der Waals surface area contributed by atoms with Crippen molar-refractivity contribution in [2.45, 2.75) is 75.7 Å². The number of nitrogens with one attached hydrogen (secondary N) is 3. The lowest BCUT2D eigenvalue weighted by atomic mass is 10.0. The van der Waals surface area contributed by atoms with Crippen LogP contribution in [0.3, 0.4) is 0 Å². The molecule has 1 aromatic carbocycles. The monoisotopic (exact) mass is 561 g/mol. The van der Waals surface area contributed by atoms with Crippen molar-refractivity contribution in [3.8, 4) is 0 Å². The van der Waals surface area contributed by atoms with Gasteiger partial charge in [0.2, 0.25) is 5.91 Å². The number of aromatic nitrogens is 1. The summed E-state index contributed by atoms with van der Waals surface area (Å²) in [6.45, 7) is 2.71. The predicted molar refractivity (Wildman–Crippen MR) is 150 cm³/mol. The molecule has 0 aliphatic carbocycles. The third-order valence-electron chi connectivity index (χ3n) is 5.92. The first-order chi connectivity index (χ1) is 18.7. The van der Waals surface area contributed by atoms with Crippen molar-refractivity contribution in [2.24, 2.45) is 5.10 Å². The van der Waals surface area contributed by atoms with Crippen LogP contribution >= 0.6 is 0 Å². The number of rotatable bonds is 18. The Hall–Kier alpha value is -3.35. The molecule has 1 unspecified atom stereocenters. The molecule has 2 amide bonds. The molecule has 0 radical (unpaired) electrons. The topological polar surface area (TPSA) is 170 Å². The summed E-state index contributed by atoms with van der Waals surface area (Å²) in [6, 6.07) is 8.93. The molecule has 0 bridgehead atoms. The van der Waals surface area contributed by atoms with E-state index >= 15 is 0 Å². The number of nitrogens with zero attached hydrogens (tertiary/aromatic N) is 2. The van der Waals surface area contributed by atoms with Crippen LogP contribution in [0, 0.1) is 0 Å². The maximum absolute atomic E-state index is 12.3. The zero-order valence-electron chi connectivity index (χ0n) is 22.3. The van der Waals surface area contributed by atoms with Gasteiger partial charge in [-0.05, 0) is 37.5 Å². The van der Waals surface area contributed by atoms with Gasteiger partial charge in [-0.2, -0.15) is 13.5 Å². The van der Waals surface area contributed by atoms with Gasteiger partial charge in [0.15, 0.2) is 0 Å². The first kappa shape index (κ1) is 31.9. The molecule has 0 spiro atoms. The van der Waals surface area contributed by atoms with E-state index in [0.717, 1.165) is 51.4 Å². The predicted octanol–water partition coefficient (Wildman–Crippen LogP) is 3.51. The smallest absolute Gasteiger partial charge is 0.295 e. The van der Waals surface area contributed by atoms with E-state index in [1.165, 1.54) is 36.7 Å². The lowest BCUT2D eigenvalue weighted by molar-refractivity contribution is -0.121. The summed E-state index contributed by atoms with van der Waals surface area (Å²) in [5.74, 6) is -0.0637. The number of carbonyl (C=O) groups excluding carboxylic acids is 2. The van der Waals surface area contributed by atoms with Crippen LogP contribution in [-0.2, 0) is 14.9 Å². The SMILES string of the molecule is CCCCC(O)CCCCCCC(=O)NCCNC(=O)c1ccc(N/N=C/c2ccccc2S(=O)(=O)O)nc1. The number of hydrazone groups is 1. The third-order valence-corrected chi connectivity index (χ3v) is 6.85. The lowest BCUT2D eigenvalue weighted by Gasteiger charge is -2.09. The molecule has 2 rings (SSSR count). The van der Waals surface area contributed by atoms with E-state index in [0.29, 0.717) is 24.3 Å². The van der Waals surface area contributed by atoms with Crippen LogP contribution in [0.5, 0.6) is 0 Å². The lowest BCUT2D eigenvalue weighted by Crippen LogP contribution is -2.34. The summed E-state index contributed by atoms with van der Waals surface area (Å²) in [4.78, 5) is 28.1. The van der Waals surface area contributed by atoms with Gasteiger partial charge in [-0.25, -0.2) is 4.98 Å². The Morgan fingerprint density at radius 3 is 2.44 bits per heavy atom.